The molecule has 122 valence electrons. The summed E-state index contributed by atoms with van der Waals surface area (Å²) in [6, 6.07) is 12.3. The van der Waals surface area contributed by atoms with Crippen molar-refractivity contribution in [2.24, 2.45) is 0 Å². The fourth-order valence-corrected chi connectivity index (χ4v) is 2.88. The molecular weight excluding hydrogens is 288 g/mol. The van der Waals surface area contributed by atoms with E-state index in [2.05, 4.69) is 33.0 Å². The smallest absolute Gasteiger partial charge is 0.123 e. The van der Waals surface area contributed by atoms with Crippen LogP contribution in [0.25, 0.3) is 0 Å². The SMILES string of the molecule is COc1ccc(CN2CCN(Cc3ccc(N)nc3)CC2)cc1. The Morgan fingerprint density at radius 1 is 0.913 bits per heavy atom. The molecule has 0 aliphatic carbocycles. The molecule has 0 saturated carbocycles. The second-order valence-electron chi connectivity index (χ2n) is 5.99. The number of piperazine rings is 1. The number of hydrogen-bond acceptors (Lipinski definition) is 5. The summed E-state index contributed by atoms with van der Waals surface area (Å²) in [7, 11) is 1.70. The molecule has 1 fully saturated rings. The van der Waals surface area contributed by atoms with Crippen LogP contribution in [-0.2, 0) is 13.1 Å². The van der Waals surface area contributed by atoms with E-state index >= 15 is 0 Å². The fourth-order valence-electron chi connectivity index (χ4n) is 2.88. The maximum Gasteiger partial charge on any atom is 0.123 e. The zero-order chi connectivity index (χ0) is 16.1. The van der Waals surface area contributed by atoms with Crippen molar-refractivity contribution in [1.29, 1.82) is 0 Å². The number of pyridine rings is 1. The van der Waals surface area contributed by atoms with Gasteiger partial charge in [0.2, 0.25) is 0 Å². The van der Waals surface area contributed by atoms with Crippen LogP contribution in [0.2, 0.25) is 0 Å². The van der Waals surface area contributed by atoms with Crippen molar-refractivity contribution in [2.45, 2.75) is 13.1 Å². The minimum Gasteiger partial charge on any atom is -0.497 e. The van der Waals surface area contributed by atoms with Crippen LogP contribution >= 0.6 is 0 Å². The lowest BCUT2D eigenvalue weighted by Crippen LogP contribution is -2.45. The van der Waals surface area contributed by atoms with E-state index in [1.54, 1.807) is 7.11 Å². The normalized spacial score (nSPS) is 16.4. The predicted molar refractivity (Wildman–Crippen MR) is 92.2 cm³/mol. The summed E-state index contributed by atoms with van der Waals surface area (Å²) in [5, 5.41) is 0. The van der Waals surface area contributed by atoms with Crippen LogP contribution in [0.1, 0.15) is 11.1 Å². The molecule has 5 nitrogen and oxygen atoms in total. The number of ether oxygens (including phenoxy) is 1. The van der Waals surface area contributed by atoms with Crippen LogP contribution in [0.4, 0.5) is 5.82 Å². The average Bonchev–Trinajstić information content (AvgIpc) is 2.59. The molecule has 3 rings (SSSR count). The summed E-state index contributed by atoms with van der Waals surface area (Å²) in [4.78, 5) is 9.13. The molecule has 1 aromatic carbocycles. The maximum atomic E-state index is 5.63. The van der Waals surface area contributed by atoms with Gasteiger partial charge < -0.3 is 10.5 Å². The van der Waals surface area contributed by atoms with Crippen LogP contribution in [0.15, 0.2) is 42.6 Å². The topological polar surface area (TPSA) is 54.6 Å². The summed E-state index contributed by atoms with van der Waals surface area (Å²) in [6.45, 7) is 6.30. The van der Waals surface area contributed by atoms with Gasteiger partial charge in [-0.3, -0.25) is 9.80 Å². The highest BCUT2D eigenvalue weighted by atomic mass is 16.5. The Bertz CT molecular complexity index is 604. The van der Waals surface area contributed by atoms with Gasteiger partial charge in [0.15, 0.2) is 0 Å². The van der Waals surface area contributed by atoms with Crippen molar-refractivity contribution >= 4 is 5.82 Å². The number of aromatic nitrogens is 1. The number of anilines is 1. The van der Waals surface area contributed by atoms with E-state index in [-0.39, 0.29) is 0 Å². The van der Waals surface area contributed by atoms with Crippen LogP contribution in [0.5, 0.6) is 5.75 Å². The third-order valence-corrected chi connectivity index (χ3v) is 4.28. The van der Waals surface area contributed by atoms with Gasteiger partial charge in [-0.2, -0.15) is 0 Å². The van der Waals surface area contributed by atoms with Crippen LogP contribution in [-0.4, -0.2) is 48.1 Å². The second-order valence-corrected chi connectivity index (χ2v) is 5.99. The lowest BCUT2D eigenvalue weighted by Gasteiger charge is -2.34. The molecule has 0 unspecified atom stereocenters. The quantitative estimate of drug-likeness (QED) is 0.915. The molecule has 0 spiro atoms. The molecule has 2 heterocycles. The Morgan fingerprint density at radius 3 is 2.00 bits per heavy atom. The monoisotopic (exact) mass is 312 g/mol. The molecule has 2 N–H and O–H groups in total. The minimum atomic E-state index is 0.582. The van der Waals surface area contributed by atoms with E-state index in [1.807, 2.05) is 24.4 Å². The van der Waals surface area contributed by atoms with Gasteiger partial charge in [0.05, 0.1) is 7.11 Å². The Kier molecular flexibility index (Phi) is 5.10. The molecule has 0 amide bonds. The molecule has 0 atom stereocenters. The highest BCUT2D eigenvalue weighted by Crippen LogP contribution is 2.15. The predicted octanol–water partition coefficient (Wildman–Crippen LogP) is 1.99. The lowest BCUT2D eigenvalue weighted by molar-refractivity contribution is 0.122. The zero-order valence-electron chi connectivity index (χ0n) is 13.6. The van der Waals surface area contributed by atoms with Crippen LogP contribution < -0.4 is 10.5 Å². The summed E-state index contributed by atoms with van der Waals surface area (Å²) in [6.07, 6.45) is 1.87. The highest BCUT2D eigenvalue weighted by molar-refractivity contribution is 5.29. The molecule has 1 saturated heterocycles. The Morgan fingerprint density at radius 2 is 1.48 bits per heavy atom. The van der Waals surface area contributed by atoms with E-state index in [4.69, 9.17) is 10.5 Å². The van der Waals surface area contributed by atoms with Crippen molar-refractivity contribution in [3.05, 3.63) is 53.7 Å². The molecule has 0 radical (unpaired) electrons. The Balaban J connectivity index is 1.47. The lowest BCUT2D eigenvalue weighted by atomic mass is 10.2. The number of nitrogens with zero attached hydrogens (tertiary/aromatic N) is 3. The van der Waals surface area contributed by atoms with Crippen molar-refractivity contribution < 1.29 is 4.74 Å². The van der Waals surface area contributed by atoms with Gasteiger partial charge in [-0.25, -0.2) is 4.98 Å². The van der Waals surface area contributed by atoms with Crippen molar-refractivity contribution in [1.82, 2.24) is 14.8 Å². The van der Waals surface area contributed by atoms with Gasteiger partial charge in [0, 0.05) is 45.5 Å². The van der Waals surface area contributed by atoms with E-state index in [0.717, 1.165) is 45.0 Å². The molecule has 2 aromatic rings. The van der Waals surface area contributed by atoms with Crippen molar-refractivity contribution in [3.63, 3.8) is 0 Å². The summed E-state index contributed by atoms with van der Waals surface area (Å²) >= 11 is 0. The molecule has 1 aliphatic heterocycles. The van der Waals surface area contributed by atoms with Crippen molar-refractivity contribution in [3.8, 4) is 5.75 Å². The van der Waals surface area contributed by atoms with Crippen LogP contribution in [0, 0.1) is 0 Å². The zero-order valence-corrected chi connectivity index (χ0v) is 13.6. The number of rotatable bonds is 5. The summed E-state index contributed by atoms with van der Waals surface area (Å²) in [5.74, 6) is 1.49. The number of nitrogens with two attached hydrogens (primary N) is 1. The van der Waals surface area contributed by atoms with Gasteiger partial charge in [0.1, 0.15) is 11.6 Å². The third-order valence-electron chi connectivity index (χ3n) is 4.28. The molecular formula is C18H24N4O. The molecule has 23 heavy (non-hydrogen) atoms. The third kappa shape index (κ3) is 4.43. The maximum absolute atomic E-state index is 5.63. The number of methoxy groups -OCH3 is 1. The number of nitrogen functional groups attached to an aromatic ring is 1. The second kappa shape index (κ2) is 7.44. The minimum absolute atomic E-state index is 0.582. The summed E-state index contributed by atoms with van der Waals surface area (Å²) < 4.78 is 5.20. The number of hydrogen-bond donors (Lipinski definition) is 1. The first-order valence-electron chi connectivity index (χ1n) is 8.01. The van der Waals surface area contributed by atoms with Gasteiger partial charge in [-0.15, -0.1) is 0 Å². The van der Waals surface area contributed by atoms with Gasteiger partial charge in [-0.1, -0.05) is 18.2 Å². The van der Waals surface area contributed by atoms with Crippen molar-refractivity contribution in [2.75, 3.05) is 39.0 Å². The Labute approximate surface area is 137 Å². The first-order chi connectivity index (χ1) is 11.2. The molecule has 0 bridgehead atoms. The Hall–Kier alpha value is -2.11. The number of benzene rings is 1. The molecule has 1 aromatic heterocycles. The van der Waals surface area contributed by atoms with E-state index in [9.17, 15) is 0 Å². The van der Waals surface area contributed by atoms with E-state index in [1.165, 1.54) is 11.1 Å². The summed E-state index contributed by atoms with van der Waals surface area (Å²) in [5.41, 5.74) is 8.19. The largest absolute Gasteiger partial charge is 0.497 e. The van der Waals surface area contributed by atoms with Gasteiger partial charge in [-0.05, 0) is 29.3 Å². The highest BCUT2D eigenvalue weighted by Gasteiger charge is 2.17. The fraction of sp³-hybridized carbons (Fsp3) is 0.389. The van der Waals surface area contributed by atoms with E-state index < -0.39 is 0 Å². The van der Waals surface area contributed by atoms with Gasteiger partial charge >= 0.3 is 0 Å². The first-order valence-corrected chi connectivity index (χ1v) is 8.01. The van der Waals surface area contributed by atoms with Gasteiger partial charge in [0.25, 0.3) is 0 Å². The molecule has 1 aliphatic rings. The van der Waals surface area contributed by atoms with E-state index in [0.29, 0.717) is 5.82 Å². The molecule has 5 heteroatoms. The van der Waals surface area contributed by atoms with Crippen LogP contribution in [0.3, 0.4) is 0 Å². The average molecular weight is 312 g/mol. The standard InChI is InChI=1S/C18H24N4O/c1-23-17-5-2-15(3-6-17)13-21-8-10-22(11-9-21)14-16-4-7-18(19)20-12-16/h2-7,12H,8-11,13-14H2,1H3,(H2,19,20). The first kappa shape index (κ1) is 15.8.